The zero-order chi connectivity index (χ0) is 12.1. The topological polar surface area (TPSA) is 60.5 Å². The van der Waals surface area contributed by atoms with Crippen molar-refractivity contribution in [1.29, 1.82) is 0 Å². The summed E-state index contributed by atoms with van der Waals surface area (Å²) in [4.78, 5) is 15.8. The molecule has 0 radical (unpaired) electrons. The van der Waals surface area contributed by atoms with Gasteiger partial charge in [0.2, 0.25) is 0 Å². The lowest BCUT2D eigenvalue weighted by Gasteiger charge is -2.12. The Morgan fingerprint density at radius 1 is 1.44 bits per heavy atom. The van der Waals surface area contributed by atoms with Gasteiger partial charge in [-0.15, -0.1) is 0 Å². The Hall–Kier alpha value is -1.62. The molecule has 0 fully saturated rings. The smallest absolute Gasteiger partial charge is 0.254 e. The Morgan fingerprint density at radius 3 is 2.69 bits per heavy atom. The highest BCUT2D eigenvalue weighted by Crippen LogP contribution is 2.21. The predicted octanol–water partition coefficient (Wildman–Crippen LogP) is 1.37. The lowest BCUT2D eigenvalue weighted by molar-refractivity contribution is -0.124. The molecule has 88 valence electrons. The van der Waals surface area contributed by atoms with E-state index < -0.39 is 6.10 Å². The number of anilines is 1. The fourth-order valence-corrected chi connectivity index (χ4v) is 1.12. The summed E-state index contributed by atoms with van der Waals surface area (Å²) in [6, 6.07) is 3.57. The first-order chi connectivity index (χ1) is 7.58. The average Bonchev–Trinajstić information content (AvgIpc) is 2.28. The molecule has 1 rings (SSSR count). The normalized spacial score (nSPS) is 12.0. The van der Waals surface area contributed by atoms with Crippen molar-refractivity contribution in [3.8, 4) is 5.75 Å². The number of rotatable bonds is 4. The van der Waals surface area contributed by atoms with Gasteiger partial charge < -0.3 is 14.8 Å². The maximum Gasteiger partial charge on any atom is 0.254 e. The van der Waals surface area contributed by atoms with Gasteiger partial charge in [-0.05, 0) is 26.0 Å². The highest BCUT2D eigenvalue weighted by molar-refractivity contribution is 5.94. The molecular weight excluding hydrogens is 208 g/mol. The fourth-order valence-electron chi connectivity index (χ4n) is 1.12. The van der Waals surface area contributed by atoms with E-state index in [1.54, 1.807) is 13.0 Å². The van der Waals surface area contributed by atoms with Crippen molar-refractivity contribution >= 4 is 11.7 Å². The Kier molecular flexibility index (Phi) is 4.25. The Balaban J connectivity index is 2.87. The number of amides is 1. The van der Waals surface area contributed by atoms with E-state index in [2.05, 4.69) is 10.3 Å². The zero-order valence-electron chi connectivity index (χ0n) is 9.90. The molecule has 0 aromatic carbocycles. The Bertz CT molecular complexity index is 379. The van der Waals surface area contributed by atoms with Gasteiger partial charge in [-0.3, -0.25) is 4.79 Å². The number of hydrogen-bond acceptors (Lipinski definition) is 4. The number of hydrogen-bond donors (Lipinski definition) is 1. The summed E-state index contributed by atoms with van der Waals surface area (Å²) in [5, 5.41) is 2.65. The van der Waals surface area contributed by atoms with E-state index in [0.29, 0.717) is 11.6 Å². The molecule has 1 amide bonds. The molecule has 0 aliphatic carbocycles. The first-order valence-corrected chi connectivity index (χ1v) is 4.93. The van der Waals surface area contributed by atoms with E-state index in [1.165, 1.54) is 14.2 Å². The van der Waals surface area contributed by atoms with Gasteiger partial charge in [0.15, 0.2) is 11.6 Å². The molecular formula is C11H16N2O3. The van der Waals surface area contributed by atoms with E-state index in [4.69, 9.17) is 9.47 Å². The molecule has 5 heteroatoms. The van der Waals surface area contributed by atoms with Crippen LogP contribution in [0.3, 0.4) is 0 Å². The van der Waals surface area contributed by atoms with Crippen LogP contribution in [-0.4, -0.2) is 31.2 Å². The van der Waals surface area contributed by atoms with Crippen molar-refractivity contribution < 1.29 is 14.3 Å². The number of aryl methyl sites for hydroxylation is 1. The maximum atomic E-state index is 11.6. The van der Waals surface area contributed by atoms with Gasteiger partial charge in [0.05, 0.1) is 7.11 Å². The highest BCUT2D eigenvalue weighted by atomic mass is 16.5. The molecule has 0 saturated heterocycles. The van der Waals surface area contributed by atoms with Crippen LogP contribution in [0.2, 0.25) is 0 Å². The summed E-state index contributed by atoms with van der Waals surface area (Å²) in [5.41, 5.74) is 0.807. The molecule has 1 aromatic rings. The Labute approximate surface area is 94.8 Å². The summed E-state index contributed by atoms with van der Waals surface area (Å²) in [6.07, 6.45) is -0.521. The number of carbonyl (C=O) groups excluding carboxylic acids is 1. The second-order valence-electron chi connectivity index (χ2n) is 3.37. The second kappa shape index (κ2) is 5.46. The van der Waals surface area contributed by atoms with Crippen LogP contribution in [0.5, 0.6) is 5.75 Å². The van der Waals surface area contributed by atoms with Crippen molar-refractivity contribution in [3.05, 3.63) is 17.8 Å². The third-order valence-corrected chi connectivity index (χ3v) is 2.18. The molecule has 16 heavy (non-hydrogen) atoms. The fraction of sp³-hybridized carbons (Fsp3) is 0.455. The first kappa shape index (κ1) is 12.4. The molecule has 0 bridgehead atoms. The zero-order valence-corrected chi connectivity index (χ0v) is 9.90. The summed E-state index contributed by atoms with van der Waals surface area (Å²) >= 11 is 0. The molecule has 1 N–H and O–H groups in total. The lowest BCUT2D eigenvalue weighted by atomic mass is 10.3. The van der Waals surface area contributed by atoms with Gasteiger partial charge >= 0.3 is 0 Å². The van der Waals surface area contributed by atoms with Crippen molar-refractivity contribution in [1.82, 2.24) is 4.98 Å². The number of methoxy groups -OCH3 is 2. The van der Waals surface area contributed by atoms with Gasteiger partial charge in [-0.1, -0.05) is 0 Å². The van der Waals surface area contributed by atoms with Gasteiger partial charge in [-0.25, -0.2) is 4.98 Å². The molecule has 0 aliphatic heterocycles. The van der Waals surface area contributed by atoms with E-state index in [0.717, 1.165) is 5.69 Å². The summed E-state index contributed by atoms with van der Waals surface area (Å²) in [6.45, 7) is 3.51. The highest BCUT2D eigenvalue weighted by Gasteiger charge is 2.14. The number of nitrogens with zero attached hydrogens (tertiary/aromatic N) is 1. The van der Waals surface area contributed by atoms with Gasteiger partial charge in [0.25, 0.3) is 5.91 Å². The van der Waals surface area contributed by atoms with Gasteiger partial charge in [0.1, 0.15) is 6.10 Å². The molecule has 1 atom stereocenters. The number of pyridine rings is 1. The van der Waals surface area contributed by atoms with Crippen LogP contribution in [0, 0.1) is 6.92 Å². The molecule has 0 spiro atoms. The number of aromatic nitrogens is 1. The molecule has 1 heterocycles. The minimum atomic E-state index is -0.521. The SMILES string of the molecule is COc1ccc(C)nc1NC(=O)[C@@H](C)OC. The van der Waals surface area contributed by atoms with Crippen LogP contribution in [0.1, 0.15) is 12.6 Å². The van der Waals surface area contributed by atoms with E-state index in [-0.39, 0.29) is 5.91 Å². The van der Waals surface area contributed by atoms with Crippen molar-refractivity contribution in [2.75, 3.05) is 19.5 Å². The van der Waals surface area contributed by atoms with Crippen LogP contribution in [0.15, 0.2) is 12.1 Å². The van der Waals surface area contributed by atoms with Crippen LogP contribution in [0.25, 0.3) is 0 Å². The maximum absolute atomic E-state index is 11.6. The number of ether oxygens (including phenoxy) is 2. The standard InChI is InChI=1S/C11H16N2O3/c1-7-5-6-9(16-4)10(12-7)13-11(14)8(2)15-3/h5-6,8H,1-4H3,(H,12,13,14)/t8-/m1/s1. The van der Waals surface area contributed by atoms with Crippen LogP contribution < -0.4 is 10.1 Å². The third kappa shape index (κ3) is 2.93. The average molecular weight is 224 g/mol. The molecule has 0 unspecified atom stereocenters. The predicted molar refractivity (Wildman–Crippen MR) is 60.6 cm³/mol. The monoisotopic (exact) mass is 224 g/mol. The molecule has 1 aromatic heterocycles. The number of nitrogens with one attached hydrogen (secondary N) is 1. The Morgan fingerprint density at radius 2 is 2.12 bits per heavy atom. The van der Waals surface area contributed by atoms with Crippen molar-refractivity contribution in [2.24, 2.45) is 0 Å². The van der Waals surface area contributed by atoms with E-state index in [1.807, 2.05) is 13.0 Å². The van der Waals surface area contributed by atoms with E-state index >= 15 is 0 Å². The van der Waals surface area contributed by atoms with E-state index in [9.17, 15) is 4.79 Å². The third-order valence-electron chi connectivity index (χ3n) is 2.18. The number of carbonyl (C=O) groups is 1. The quantitative estimate of drug-likeness (QED) is 0.839. The van der Waals surface area contributed by atoms with Crippen molar-refractivity contribution in [2.45, 2.75) is 20.0 Å². The lowest BCUT2D eigenvalue weighted by Crippen LogP contribution is -2.27. The minimum Gasteiger partial charge on any atom is -0.493 e. The van der Waals surface area contributed by atoms with Crippen LogP contribution in [0.4, 0.5) is 5.82 Å². The summed E-state index contributed by atoms with van der Waals surface area (Å²) in [5.74, 6) is 0.692. The molecule has 0 aliphatic rings. The van der Waals surface area contributed by atoms with Crippen LogP contribution in [-0.2, 0) is 9.53 Å². The summed E-state index contributed by atoms with van der Waals surface area (Å²) in [7, 11) is 3.01. The van der Waals surface area contributed by atoms with Gasteiger partial charge in [-0.2, -0.15) is 0 Å². The minimum absolute atomic E-state index is 0.251. The largest absolute Gasteiger partial charge is 0.493 e. The second-order valence-corrected chi connectivity index (χ2v) is 3.37. The van der Waals surface area contributed by atoms with Gasteiger partial charge in [0, 0.05) is 12.8 Å². The van der Waals surface area contributed by atoms with Crippen molar-refractivity contribution in [3.63, 3.8) is 0 Å². The molecule has 5 nitrogen and oxygen atoms in total. The summed E-state index contributed by atoms with van der Waals surface area (Å²) < 4.78 is 10.0. The molecule has 0 saturated carbocycles. The van der Waals surface area contributed by atoms with Crippen LogP contribution >= 0.6 is 0 Å². The first-order valence-electron chi connectivity index (χ1n) is 4.93.